The Balaban J connectivity index is 0.00000363. The highest BCUT2D eigenvalue weighted by Gasteiger charge is 2.14. The van der Waals surface area contributed by atoms with Gasteiger partial charge in [-0.05, 0) is 56.0 Å². The molecule has 7 nitrogen and oxygen atoms in total. The van der Waals surface area contributed by atoms with Gasteiger partial charge in [-0.2, -0.15) is 0 Å². The molecular weight excluding hydrogens is 519 g/mol. The molecule has 0 bridgehead atoms. The highest BCUT2D eigenvalue weighted by Crippen LogP contribution is 2.15. The van der Waals surface area contributed by atoms with Crippen LogP contribution in [0.5, 0.6) is 5.75 Å². The number of halogens is 1. The molecular formula is C24H35IN4O3. The molecule has 8 heteroatoms. The highest BCUT2D eigenvalue weighted by atomic mass is 127. The van der Waals surface area contributed by atoms with Crippen molar-refractivity contribution in [3.63, 3.8) is 0 Å². The Morgan fingerprint density at radius 1 is 1.22 bits per heavy atom. The van der Waals surface area contributed by atoms with E-state index >= 15 is 0 Å². The molecule has 1 aromatic heterocycles. The zero-order valence-corrected chi connectivity index (χ0v) is 21.1. The summed E-state index contributed by atoms with van der Waals surface area (Å²) >= 11 is 0. The van der Waals surface area contributed by atoms with E-state index in [1.54, 1.807) is 6.20 Å². The lowest BCUT2D eigenvalue weighted by Gasteiger charge is -2.13. The molecule has 1 atom stereocenters. The van der Waals surface area contributed by atoms with E-state index in [4.69, 9.17) is 14.2 Å². The molecule has 2 heterocycles. The summed E-state index contributed by atoms with van der Waals surface area (Å²) in [5, 5.41) is 6.66. The first-order valence-electron chi connectivity index (χ1n) is 11.2. The van der Waals surface area contributed by atoms with Crippen LogP contribution in [0.1, 0.15) is 37.4 Å². The Bertz CT molecular complexity index is 786. The molecule has 1 aliphatic heterocycles. The summed E-state index contributed by atoms with van der Waals surface area (Å²) in [6, 6.07) is 13.8. The van der Waals surface area contributed by atoms with Gasteiger partial charge in [-0.3, -0.25) is 4.98 Å². The van der Waals surface area contributed by atoms with Gasteiger partial charge in [0.05, 0.1) is 24.9 Å². The van der Waals surface area contributed by atoms with E-state index in [9.17, 15) is 0 Å². The molecule has 32 heavy (non-hydrogen) atoms. The van der Waals surface area contributed by atoms with Gasteiger partial charge in [0.15, 0.2) is 5.96 Å². The summed E-state index contributed by atoms with van der Waals surface area (Å²) in [4.78, 5) is 8.97. The smallest absolute Gasteiger partial charge is 0.191 e. The highest BCUT2D eigenvalue weighted by molar-refractivity contribution is 14.0. The Labute approximate surface area is 208 Å². The van der Waals surface area contributed by atoms with Gasteiger partial charge in [-0.15, -0.1) is 24.0 Å². The maximum atomic E-state index is 5.86. The Hall–Kier alpha value is -1.91. The van der Waals surface area contributed by atoms with E-state index in [0.29, 0.717) is 19.8 Å². The lowest BCUT2D eigenvalue weighted by Crippen LogP contribution is -2.38. The first-order chi connectivity index (χ1) is 15.3. The number of benzene rings is 1. The van der Waals surface area contributed by atoms with E-state index in [1.165, 1.54) is 0 Å². The predicted octanol–water partition coefficient (Wildman–Crippen LogP) is 3.92. The minimum atomic E-state index is 0. The average Bonchev–Trinajstić information content (AvgIpc) is 3.33. The molecule has 1 unspecified atom stereocenters. The van der Waals surface area contributed by atoms with E-state index < -0.39 is 0 Å². The van der Waals surface area contributed by atoms with Gasteiger partial charge in [0.2, 0.25) is 0 Å². The number of aromatic nitrogens is 1. The van der Waals surface area contributed by atoms with Gasteiger partial charge in [-0.25, -0.2) is 4.99 Å². The Kier molecular flexibility index (Phi) is 13.0. The van der Waals surface area contributed by atoms with Crippen LogP contribution in [-0.4, -0.2) is 50.0 Å². The number of pyridine rings is 1. The molecule has 176 valence electrons. The fourth-order valence-corrected chi connectivity index (χ4v) is 3.26. The summed E-state index contributed by atoms with van der Waals surface area (Å²) in [6.07, 6.45) is 5.25. The number of hydrogen-bond acceptors (Lipinski definition) is 5. The van der Waals surface area contributed by atoms with Gasteiger partial charge in [0, 0.05) is 32.5 Å². The second-order valence-electron chi connectivity index (χ2n) is 7.44. The minimum absolute atomic E-state index is 0. The predicted molar refractivity (Wildman–Crippen MR) is 138 cm³/mol. The van der Waals surface area contributed by atoms with Crippen molar-refractivity contribution in [2.45, 2.75) is 45.4 Å². The number of ether oxygens (including phenoxy) is 3. The monoisotopic (exact) mass is 554 g/mol. The van der Waals surface area contributed by atoms with Crippen molar-refractivity contribution in [2.75, 3.05) is 32.9 Å². The Morgan fingerprint density at radius 2 is 2.16 bits per heavy atom. The second kappa shape index (κ2) is 15.8. The van der Waals surface area contributed by atoms with Crippen molar-refractivity contribution >= 4 is 29.9 Å². The van der Waals surface area contributed by atoms with Gasteiger partial charge in [0.1, 0.15) is 12.4 Å². The van der Waals surface area contributed by atoms with Gasteiger partial charge in [0.25, 0.3) is 0 Å². The Morgan fingerprint density at radius 3 is 2.94 bits per heavy atom. The standard InChI is InChI=1S/C24H34N4O3.HI/c1-2-25-24(27-13-7-14-29-19-23-11-6-15-30-23)28-17-20-8-5-10-22(16-20)31-18-21-9-3-4-12-26-21;/h3-5,8-10,12,16,23H,2,6-7,11,13-15,17-19H2,1H3,(H2,25,27,28);1H. The van der Waals surface area contributed by atoms with Crippen LogP contribution in [0.2, 0.25) is 0 Å². The molecule has 1 saturated heterocycles. The third-order valence-corrected chi connectivity index (χ3v) is 4.86. The lowest BCUT2D eigenvalue weighted by atomic mass is 10.2. The molecule has 0 aliphatic carbocycles. The minimum Gasteiger partial charge on any atom is -0.487 e. The van der Waals surface area contributed by atoms with Crippen molar-refractivity contribution in [1.29, 1.82) is 0 Å². The third kappa shape index (κ3) is 10.1. The molecule has 2 aromatic rings. The van der Waals surface area contributed by atoms with E-state index in [1.807, 2.05) is 36.4 Å². The van der Waals surface area contributed by atoms with Crippen LogP contribution in [0.25, 0.3) is 0 Å². The third-order valence-electron chi connectivity index (χ3n) is 4.86. The first-order valence-corrected chi connectivity index (χ1v) is 11.2. The first kappa shape index (κ1) is 26.3. The molecule has 1 aromatic carbocycles. The summed E-state index contributed by atoms with van der Waals surface area (Å²) in [6.45, 7) is 7.01. The fraction of sp³-hybridized carbons (Fsp3) is 0.500. The zero-order chi connectivity index (χ0) is 21.6. The maximum absolute atomic E-state index is 5.86. The van der Waals surface area contributed by atoms with Crippen LogP contribution < -0.4 is 15.4 Å². The van der Waals surface area contributed by atoms with Crippen LogP contribution in [0, 0.1) is 0 Å². The summed E-state index contributed by atoms with van der Waals surface area (Å²) in [7, 11) is 0. The number of rotatable bonds is 12. The zero-order valence-electron chi connectivity index (χ0n) is 18.8. The number of aliphatic imine (C=N–C) groups is 1. The second-order valence-corrected chi connectivity index (χ2v) is 7.44. The van der Waals surface area contributed by atoms with Crippen molar-refractivity contribution in [1.82, 2.24) is 15.6 Å². The molecule has 1 fully saturated rings. The number of nitrogens with one attached hydrogen (secondary N) is 2. The maximum Gasteiger partial charge on any atom is 0.191 e. The van der Waals surface area contributed by atoms with Crippen LogP contribution in [0.3, 0.4) is 0 Å². The molecule has 1 aliphatic rings. The van der Waals surface area contributed by atoms with Crippen molar-refractivity contribution in [3.8, 4) is 5.75 Å². The average molecular weight is 554 g/mol. The van der Waals surface area contributed by atoms with E-state index in [2.05, 4.69) is 33.6 Å². The van der Waals surface area contributed by atoms with Crippen LogP contribution in [0.4, 0.5) is 0 Å². The molecule has 0 saturated carbocycles. The van der Waals surface area contributed by atoms with Gasteiger partial charge < -0.3 is 24.8 Å². The van der Waals surface area contributed by atoms with Crippen LogP contribution >= 0.6 is 24.0 Å². The molecule has 2 N–H and O–H groups in total. The van der Waals surface area contributed by atoms with E-state index in [-0.39, 0.29) is 30.1 Å². The number of hydrogen-bond donors (Lipinski definition) is 2. The van der Waals surface area contributed by atoms with Crippen LogP contribution in [-0.2, 0) is 22.6 Å². The SMILES string of the molecule is CCNC(=NCc1cccc(OCc2ccccn2)c1)NCCCOCC1CCCO1.I. The van der Waals surface area contributed by atoms with Crippen LogP contribution in [0.15, 0.2) is 53.7 Å². The molecule has 0 radical (unpaired) electrons. The molecule has 0 spiro atoms. The summed E-state index contributed by atoms with van der Waals surface area (Å²) in [5.41, 5.74) is 2.00. The quantitative estimate of drug-likeness (QED) is 0.179. The largest absolute Gasteiger partial charge is 0.487 e. The summed E-state index contributed by atoms with van der Waals surface area (Å²) in [5.74, 6) is 1.63. The van der Waals surface area contributed by atoms with E-state index in [0.717, 1.165) is 68.5 Å². The normalized spacial score (nSPS) is 15.8. The molecule has 0 amide bonds. The van der Waals surface area contributed by atoms with Gasteiger partial charge >= 0.3 is 0 Å². The number of nitrogens with zero attached hydrogens (tertiary/aromatic N) is 2. The lowest BCUT2D eigenvalue weighted by molar-refractivity contribution is 0.0168. The van der Waals surface area contributed by atoms with Crippen molar-refractivity contribution < 1.29 is 14.2 Å². The summed E-state index contributed by atoms with van der Waals surface area (Å²) < 4.78 is 17.1. The van der Waals surface area contributed by atoms with Crippen molar-refractivity contribution in [2.24, 2.45) is 4.99 Å². The van der Waals surface area contributed by atoms with Gasteiger partial charge in [-0.1, -0.05) is 18.2 Å². The molecule has 3 rings (SSSR count). The van der Waals surface area contributed by atoms with Crippen molar-refractivity contribution in [3.05, 3.63) is 59.9 Å². The topological polar surface area (TPSA) is 77.0 Å². The fourth-order valence-electron chi connectivity index (χ4n) is 3.26. The number of guanidine groups is 1.